The van der Waals surface area contributed by atoms with Crippen LogP contribution in [0.3, 0.4) is 0 Å². The molecular weight excluding hydrogens is 260 g/mol. The number of aryl methyl sites for hydroxylation is 1. The highest BCUT2D eigenvalue weighted by Gasteiger charge is 2.10. The molecule has 1 heterocycles. The zero-order chi connectivity index (χ0) is 13.7. The Morgan fingerprint density at radius 3 is 3.05 bits per heavy atom. The van der Waals surface area contributed by atoms with Crippen molar-refractivity contribution in [1.29, 1.82) is 0 Å². The summed E-state index contributed by atoms with van der Waals surface area (Å²) in [5.74, 6) is 5.13. The minimum Gasteiger partial charge on any atom is -0.384 e. The van der Waals surface area contributed by atoms with Gasteiger partial charge in [0, 0.05) is 22.7 Å². The van der Waals surface area contributed by atoms with Crippen molar-refractivity contribution < 1.29 is 9.90 Å². The summed E-state index contributed by atoms with van der Waals surface area (Å²) in [5, 5.41) is 13.8. The van der Waals surface area contributed by atoms with Gasteiger partial charge in [-0.15, -0.1) is 11.3 Å². The van der Waals surface area contributed by atoms with Crippen LogP contribution in [-0.4, -0.2) is 22.6 Å². The van der Waals surface area contributed by atoms with Gasteiger partial charge in [0.1, 0.15) is 6.61 Å². The van der Waals surface area contributed by atoms with E-state index in [-0.39, 0.29) is 12.5 Å². The lowest BCUT2D eigenvalue weighted by Crippen LogP contribution is -2.13. The number of thiazole rings is 1. The molecule has 1 aromatic carbocycles. The zero-order valence-electron chi connectivity index (χ0n) is 10.3. The Morgan fingerprint density at radius 1 is 1.53 bits per heavy atom. The number of rotatable bonds is 2. The van der Waals surface area contributed by atoms with Crippen molar-refractivity contribution in [3.8, 4) is 11.8 Å². The normalized spacial score (nSPS) is 9.58. The van der Waals surface area contributed by atoms with Gasteiger partial charge in [-0.1, -0.05) is 17.9 Å². The molecule has 2 aromatic rings. The van der Waals surface area contributed by atoms with E-state index in [1.807, 2.05) is 19.1 Å². The van der Waals surface area contributed by atoms with Crippen LogP contribution in [0.15, 0.2) is 29.8 Å². The van der Waals surface area contributed by atoms with Crippen LogP contribution in [0.4, 0.5) is 5.13 Å². The fourth-order valence-electron chi connectivity index (χ4n) is 1.54. The van der Waals surface area contributed by atoms with Gasteiger partial charge in [0.2, 0.25) is 0 Å². The summed E-state index contributed by atoms with van der Waals surface area (Å²) in [6, 6.07) is 5.36. The van der Waals surface area contributed by atoms with E-state index in [1.54, 1.807) is 17.6 Å². The Hall–Kier alpha value is -2.16. The Labute approximate surface area is 115 Å². The summed E-state index contributed by atoms with van der Waals surface area (Å²) in [7, 11) is 0. The van der Waals surface area contributed by atoms with E-state index in [0.29, 0.717) is 16.3 Å². The minimum absolute atomic E-state index is 0.200. The summed E-state index contributed by atoms with van der Waals surface area (Å²) < 4.78 is 0. The number of hydrogen-bond donors (Lipinski definition) is 2. The average molecular weight is 272 g/mol. The second kappa shape index (κ2) is 6.14. The van der Waals surface area contributed by atoms with E-state index >= 15 is 0 Å². The van der Waals surface area contributed by atoms with Crippen molar-refractivity contribution in [2.24, 2.45) is 0 Å². The van der Waals surface area contributed by atoms with Crippen molar-refractivity contribution >= 4 is 22.4 Å². The standard InChI is InChI=1S/C14H12N2O2S/c1-10-4-5-11(3-2-7-17)9-12(10)13(18)16-14-15-6-8-19-14/h4-6,8-9,17H,7H2,1H3,(H,15,16,18). The number of nitrogens with one attached hydrogen (secondary N) is 1. The lowest BCUT2D eigenvalue weighted by atomic mass is 10.0. The molecule has 4 nitrogen and oxygen atoms in total. The molecule has 0 spiro atoms. The molecule has 0 saturated carbocycles. The molecule has 2 rings (SSSR count). The van der Waals surface area contributed by atoms with Crippen molar-refractivity contribution in [2.75, 3.05) is 11.9 Å². The second-order valence-electron chi connectivity index (χ2n) is 3.78. The molecule has 0 fully saturated rings. The first kappa shape index (κ1) is 13.3. The van der Waals surface area contributed by atoms with Crippen LogP contribution < -0.4 is 5.32 Å². The fourth-order valence-corrected chi connectivity index (χ4v) is 2.06. The topological polar surface area (TPSA) is 62.2 Å². The molecule has 0 radical (unpaired) electrons. The van der Waals surface area contributed by atoms with Crippen LogP contribution >= 0.6 is 11.3 Å². The smallest absolute Gasteiger partial charge is 0.257 e. The number of aliphatic hydroxyl groups excluding tert-OH is 1. The molecular formula is C14H12N2O2S. The van der Waals surface area contributed by atoms with E-state index in [9.17, 15) is 4.79 Å². The van der Waals surface area contributed by atoms with Crippen LogP contribution in [0.25, 0.3) is 0 Å². The van der Waals surface area contributed by atoms with E-state index in [1.165, 1.54) is 11.3 Å². The second-order valence-corrected chi connectivity index (χ2v) is 4.68. The van der Waals surface area contributed by atoms with Crippen molar-refractivity contribution in [3.63, 3.8) is 0 Å². The molecule has 96 valence electrons. The molecule has 0 aliphatic carbocycles. The molecule has 19 heavy (non-hydrogen) atoms. The van der Waals surface area contributed by atoms with Crippen molar-refractivity contribution in [1.82, 2.24) is 4.98 Å². The molecule has 0 unspecified atom stereocenters. The molecule has 0 aliphatic rings. The zero-order valence-corrected chi connectivity index (χ0v) is 11.1. The minimum atomic E-state index is -0.208. The number of carbonyl (C=O) groups excluding carboxylic acids is 1. The number of carbonyl (C=O) groups is 1. The van der Waals surface area contributed by atoms with Gasteiger partial charge in [0.15, 0.2) is 5.13 Å². The first-order valence-corrected chi connectivity index (χ1v) is 6.50. The number of aliphatic hydroxyl groups is 1. The third-order valence-corrected chi connectivity index (χ3v) is 3.14. The van der Waals surface area contributed by atoms with Crippen LogP contribution in [0.2, 0.25) is 0 Å². The number of nitrogens with zero attached hydrogens (tertiary/aromatic N) is 1. The molecule has 0 aliphatic heterocycles. The van der Waals surface area contributed by atoms with Crippen LogP contribution in [0, 0.1) is 18.8 Å². The summed E-state index contributed by atoms with van der Waals surface area (Å²) >= 11 is 1.37. The number of hydrogen-bond acceptors (Lipinski definition) is 4. The molecule has 1 amide bonds. The van der Waals surface area contributed by atoms with E-state index < -0.39 is 0 Å². The maximum absolute atomic E-state index is 12.1. The highest BCUT2D eigenvalue weighted by molar-refractivity contribution is 7.13. The third kappa shape index (κ3) is 3.41. The molecule has 0 bridgehead atoms. The third-order valence-electron chi connectivity index (χ3n) is 2.45. The summed E-state index contributed by atoms with van der Waals surface area (Å²) in [6.07, 6.45) is 1.64. The number of aromatic nitrogens is 1. The fraction of sp³-hybridized carbons (Fsp3) is 0.143. The Bertz CT molecular complexity index is 639. The highest BCUT2D eigenvalue weighted by Crippen LogP contribution is 2.15. The van der Waals surface area contributed by atoms with Gasteiger partial charge < -0.3 is 5.11 Å². The maximum Gasteiger partial charge on any atom is 0.257 e. The van der Waals surface area contributed by atoms with Gasteiger partial charge in [-0.3, -0.25) is 10.1 Å². The molecule has 0 atom stereocenters. The van der Waals surface area contributed by atoms with Crippen LogP contribution in [0.5, 0.6) is 0 Å². The van der Waals surface area contributed by atoms with Gasteiger partial charge in [-0.25, -0.2) is 4.98 Å². The molecule has 5 heteroatoms. The predicted molar refractivity (Wildman–Crippen MR) is 75.2 cm³/mol. The van der Waals surface area contributed by atoms with Crippen LogP contribution in [0.1, 0.15) is 21.5 Å². The number of anilines is 1. The number of benzene rings is 1. The summed E-state index contributed by atoms with van der Waals surface area (Å²) in [6.45, 7) is 1.66. The first-order chi connectivity index (χ1) is 9.20. The lowest BCUT2D eigenvalue weighted by molar-refractivity contribution is 0.102. The summed E-state index contributed by atoms with van der Waals surface area (Å²) in [5.41, 5.74) is 2.12. The summed E-state index contributed by atoms with van der Waals surface area (Å²) in [4.78, 5) is 16.1. The van der Waals surface area contributed by atoms with Gasteiger partial charge in [-0.05, 0) is 24.6 Å². The Morgan fingerprint density at radius 2 is 2.37 bits per heavy atom. The quantitative estimate of drug-likeness (QED) is 0.822. The Balaban J connectivity index is 2.25. The number of amides is 1. The van der Waals surface area contributed by atoms with Crippen LogP contribution in [-0.2, 0) is 0 Å². The Kier molecular flexibility index (Phi) is 4.29. The average Bonchev–Trinajstić information content (AvgIpc) is 2.90. The van der Waals surface area contributed by atoms with E-state index in [0.717, 1.165) is 5.56 Å². The van der Waals surface area contributed by atoms with Gasteiger partial charge in [0.05, 0.1) is 0 Å². The maximum atomic E-state index is 12.1. The predicted octanol–water partition coefficient (Wildman–Crippen LogP) is 2.05. The van der Waals surface area contributed by atoms with Crippen molar-refractivity contribution in [2.45, 2.75) is 6.92 Å². The highest BCUT2D eigenvalue weighted by atomic mass is 32.1. The van der Waals surface area contributed by atoms with Gasteiger partial charge in [-0.2, -0.15) is 0 Å². The lowest BCUT2D eigenvalue weighted by Gasteiger charge is -2.06. The molecule has 0 saturated heterocycles. The van der Waals surface area contributed by atoms with Gasteiger partial charge >= 0.3 is 0 Å². The van der Waals surface area contributed by atoms with E-state index in [4.69, 9.17) is 5.11 Å². The monoisotopic (exact) mass is 272 g/mol. The molecule has 2 N–H and O–H groups in total. The first-order valence-electron chi connectivity index (χ1n) is 5.62. The SMILES string of the molecule is Cc1ccc(C#CCO)cc1C(=O)Nc1nccs1. The van der Waals surface area contributed by atoms with Crippen molar-refractivity contribution in [3.05, 3.63) is 46.5 Å². The van der Waals surface area contributed by atoms with E-state index in [2.05, 4.69) is 22.1 Å². The van der Waals surface area contributed by atoms with Gasteiger partial charge in [0.25, 0.3) is 5.91 Å². The molecule has 1 aromatic heterocycles. The largest absolute Gasteiger partial charge is 0.384 e.